The standard InChI is InChI=1S/C13H12BrN3OS/c1-18-8-2-3-10(14)11(6-8)17-12-7-16-5-4-9(12)13(15)19/h2-7,17H,1H3,(H2,15,19). The average molecular weight is 338 g/mol. The highest BCUT2D eigenvalue weighted by Gasteiger charge is 2.08. The van der Waals surface area contributed by atoms with Crippen molar-refractivity contribution in [2.24, 2.45) is 5.73 Å². The van der Waals surface area contributed by atoms with E-state index >= 15 is 0 Å². The van der Waals surface area contributed by atoms with Crippen molar-refractivity contribution in [2.75, 3.05) is 12.4 Å². The number of pyridine rings is 1. The van der Waals surface area contributed by atoms with Gasteiger partial charge < -0.3 is 15.8 Å². The van der Waals surface area contributed by atoms with Gasteiger partial charge in [-0.1, -0.05) is 12.2 Å². The maximum absolute atomic E-state index is 5.69. The van der Waals surface area contributed by atoms with Crippen LogP contribution in [0, 0.1) is 0 Å². The van der Waals surface area contributed by atoms with Gasteiger partial charge in [-0.2, -0.15) is 0 Å². The first kappa shape index (κ1) is 13.8. The Hall–Kier alpha value is -1.66. The molecule has 0 spiro atoms. The molecule has 1 aromatic carbocycles. The lowest BCUT2D eigenvalue weighted by atomic mass is 10.2. The van der Waals surface area contributed by atoms with Crippen LogP contribution >= 0.6 is 28.1 Å². The van der Waals surface area contributed by atoms with E-state index in [0.717, 1.165) is 27.2 Å². The summed E-state index contributed by atoms with van der Waals surface area (Å²) in [6.07, 6.45) is 3.33. The maximum Gasteiger partial charge on any atom is 0.121 e. The van der Waals surface area contributed by atoms with Crippen LogP contribution in [0.4, 0.5) is 11.4 Å². The van der Waals surface area contributed by atoms with Gasteiger partial charge in [0, 0.05) is 22.3 Å². The zero-order chi connectivity index (χ0) is 13.8. The van der Waals surface area contributed by atoms with Crippen molar-refractivity contribution >= 4 is 44.5 Å². The van der Waals surface area contributed by atoms with Gasteiger partial charge in [-0.25, -0.2) is 0 Å². The van der Waals surface area contributed by atoms with E-state index in [2.05, 4.69) is 26.2 Å². The van der Waals surface area contributed by atoms with Gasteiger partial charge in [0.2, 0.25) is 0 Å². The van der Waals surface area contributed by atoms with E-state index in [0.29, 0.717) is 4.99 Å². The third kappa shape index (κ3) is 3.21. The number of nitrogens with zero attached hydrogens (tertiary/aromatic N) is 1. The lowest BCUT2D eigenvalue weighted by Crippen LogP contribution is -2.12. The summed E-state index contributed by atoms with van der Waals surface area (Å²) in [5, 5.41) is 3.24. The molecule has 0 aliphatic rings. The third-order valence-electron chi connectivity index (χ3n) is 2.53. The van der Waals surface area contributed by atoms with E-state index in [1.807, 2.05) is 18.2 Å². The predicted octanol–water partition coefficient (Wildman–Crippen LogP) is 3.23. The van der Waals surface area contributed by atoms with Crippen molar-refractivity contribution in [3.05, 3.63) is 46.7 Å². The SMILES string of the molecule is COc1ccc(Br)c(Nc2cnccc2C(N)=S)c1. The lowest BCUT2D eigenvalue weighted by molar-refractivity contribution is 0.415. The Balaban J connectivity index is 2.38. The summed E-state index contributed by atoms with van der Waals surface area (Å²) in [6.45, 7) is 0. The number of anilines is 2. The summed E-state index contributed by atoms with van der Waals surface area (Å²) in [6, 6.07) is 7.42. The second-order valence-electron chi connectivity index (χ2n) is 3.76. The second kappa shape index (κ2) is 5.99. The molecule has 1 heterocycles. The normalized spacial score (nSPS) is 10.0. The minimum atomic E-state index is 0.323. The molecule has 0 saturated heterocycles. The van der Waals surface area contributed by atoms with Crippen LogP contribution in [0.15, 0.2) is 41.1 Å². The van der Waals surface area contributed by atoms with Crippen molar-refractivity contribution in [2.45, 2.75) is 0 Å². The fourth-order valence-electron chi connectivity index (χ4n) is 1.58. The topological polar surface area (TPSA) is 60.2 Å². The smallest absolute Gasteiger partial charge is 0.121 e. The molecular weight excluding hydrogens is 326 g/mol. The van der Waals surface area contributed by atoms with E-state index in [4.69, 9.17) is 22.7 Å². The molecule has 0 aliphatic carbocycles. The highest BCUT2D eigenvalue weighted by atomic mass is 79.9. The number of thiocarbonyl (C=S) groups is 1. The van der Waals surface area contributed by atoms with Gasteiger partial charge in [0.15, 0.2) is 0 Å². The number of benzene rings is 1. The largest absolute Gasteiger partial charge is 0.497 e. The first-order valence-corrected chi connectivity index (χ1v) is 6.66. The summed E-state index contributed by atoms with van der Waals surface area (Å²) in [4.78, 5) is 4.39. The molecule has 0 bridgehead atoms. The van der Waals surface area contributed by atoms with Crippen molar-refractivity contribution < 1.29 is 4.74 Å². The Bertz CT molecular complexity index is 619. The van der Waals surface area contributed by atoms with Gasteiger partial charge in [-0.05, 0) is 34.1 Å². The Morgan fingerprint density at radius 2 is 2.16 bits per heavy atom. The number of methoxy groups -OCH3 is 1. The number of nitrogens with two attached hydrogens (primary N) is 1. The van der Waals surface area contributed by atoms with Gasteiger partial charge in [0.05, 0.1) is 24.7 Å². The first-order valence-electron chi connectivity index (χ1n) is 5.46. The number of nitrogens with one attached hydrogen (secondary N) is 1. The molecule has 4 nitrogen and oxygen atoms in total. The first-order chi connectivity index (χ1) is 9.11. The van der Waals surface area contributed by atoms with Gasteiger partial charge in [0.1, 0.15) is 10.7 Å². The number of hydrogen-bond acceptors (Lipinski definition) is 4. The summed E-state index contributed by atoms with van der Waals surface area (Å²) in [5.74, 6) is 0.756. The van der Waals surface area contributed by atoms with Crippen LogP contribution in [-0.4, -0.2) is 17.1 Å². The van der Waals surface area contributed by atoms with E-state index in [1.54, 1.807) is 25.6 Å². The molecule has 98 valence electrons. The highest BCUT2D eigenvalue weighted by molar-refractivity contribution is 9.10. The van der Waals surface area contributed by atoms with Crippen LogP contribution in [0.5, 0.6) is 5.75 Å². The molecule has 2 aromatic rings. The Morgan fingerprint density at radius 3 is 2.84 bits per heavy atom. The van der Waals surface area contributed by atoms with Crippen molar-refractivity contribution in [3.63, 3.8) is 0 Å². The molecular formula is C13H12BrN3OS. The second-order valence-corrected chi connectivity index (χ2v) is 5.05. The molecule has 2 rings (SSSR count). The molecule has 0 unspecified atom stereocenters. The molecule has 0 fully saturated rings. The van der Waals surface area contributed by atoms with Crippen LogP contribution in [0.3, 0.4) is 0 Å². The average Bonchev–Trinajstić information content (AvgIpc) is 2.41. The Labute approximate surface area is 125 Å². The molecule has 3 N–H and O–H groups in total. The van der Waals surface area contributed by atoms with Crippen LogP contribution in [-0.2, 0) is 0 Å². The van der Waals surface area contributed by atoms with Gasteiger partial charge in [0.25, 0.3) is 0 Å². The number of ether oxygens (including phenoxy) is 1. The number of rotatable bonds is 4. The quantitative estimate of drug-likeness (QED) is 0.838. The van der Waals surface area contributed by atoms with E-state index in [1.165, 1.54) is 0 Å². The van der Waals surface area contributed by atoms with E-state index in [-0.39, 0.29) is 0 Å². The third-order valence-corrected chi connectivity index (χ3v) is 3.44. The Morgan fingerprint density at radius 1 is 1.37 bits per heavy atom. The fraction of sp³-hybridized carbons (Fsp3) is 0.0769. The Kier molecular flexibility index (Phi) is 4.34. The molecule has 0 atom stereocenters. The van der Waals surface area contributed by atoms with Gasteiger partial charge in [-0.15, -0.1) is 0 Å². The minimum absolute atomic E-state index is 0.323. The molecule has 19 heavy (non-hydrogen) atoms. The van der Waals surface area contributed by atoms with E-state index < -0.39 is 0 Å². The van der Waals surface area contributed by atoms with Crippen LogP contribution < -0.4 is 15.8 Å². The van der Waals surface area contributed by atoms with Crippen LogP contribution in [0.2, 0.25) is 0 Å². The van der Waals surface area contributed by atoms with E-state index in [9.17, 15) is 0 Å². The summed E-state index contributed by atoms with van der Waals surface area (Å²) < 4.78 is 6.11. The van der Waals surface area contributed by atoms with Crippen molar-refractivity contribution in [3.8, 4) is 5.75 Å². The van der Waals surface area contributed by atoms with Gasteiger partial charge >= 0.3 is 0 Å². The van der Waals surface area contributed by atoms with Crippen LogP contribution in [0.25, 0.3) is 0 Å². The predicted molar refractivity (Wildman–Crippen MR) is 84.1 cm³/mol. The molecule has 0 amide bonds. The zero-order valence-corrected chi connectivity index (χ0v) is 12.6. The minimum Gasteiger partial charge on any atom is -0.497 e. The maximum atomic E-state index is 5.69. The van der Waals surface area contributed by atoms with Crippen LogP contribution in [0.1, 0.15) is 5.56 Å². The van der Waals surface area contributed by atoms with Crippen molar-refractivity contribution in [1.29, 1.82) is 0 Å². The zero-order valence-electron chi connectivity index (χ0n) is 10.2. The fourth-order valence-corrected chi connectivity index (χ4v) is 2.10. The number of aromatic nitrogens is 1. The molecule has 0 aliphatic heterocycles. The molecule has 1 aromatic heterocycles. The molecule has 0 radical (unpaired) electrons. The highest BCUT2D eigenvalue weighted by Crippen LogP contribution is 2.30. The summed E-state index contributed by atoms with van der Waals surface area (Å²) >= 11 is 8.50. The van der Waals surface area contributed by atoms with Gasteiger partial charge in [-0.3, -0.25) is 4.98 Å². The number of halogens is 1. The molecule has 0 saturated carbocycles. The molecule has 6 heteroatoms. The lowest BCUT2D eigenvalue weighted by Gasteiger charge is -2.13. The monoisotopic (exact) mass is 337 g/mol. The summed E-state index contributed by atoms with van der Waals surface area (Å²) in [5.41, 5.74) is 8.04. The summed E-state index contributed by atoms with van der Waals surface area (Å²) in [7, 11) is 1.62. The number of hydrogen-bond donors (Lipinski definition) is 2. The van der Waals surface area contributed by atoms with Crippen molar-refractivity contribution in [1.82, 2.24) is 4.98 Å².